The molecule has 1 aliphatic heterocycles. The smallest absolute Gasteiger partial charge is 0.0586 e. The number of ether oxygens (including phenoxy) is 1. The maximum atomic E-state index is 6.02. The van der Waals surface area contributed by atoms with Gasteiger partial charge in [0.25, 0.3) is 0 Å². The molecule has 0 aliphatic carbocycles. The van der Waals surface area contributed by atoms with Crippen LogP contribution in [-0.4, -0.2) is 24.8 Å². The van der Waals surface area contributed by atoms with Gasteiger partial charge in [-0.25, -0.2) is 0 Å². The fraction of sp³-hybridized carbons (Fsp3) is 0.647. The monoisotopic (exact) mass is 339 g/mol. The minimum absolute atomic E-state index is 0.413. The van der Waals surface area contributed by atoms with Crippen molar-refractivity contribution in [2.45, 2.75) is 64.2 Å². The summed E-state index contributed by atoms with van der Waals surface area (Å²) in [6.45, 7) is 7.59. The van der Waals surface area contributed by atoms with E-state index in [1.165, 1.54) is 22.9 Å². The molecule has 3 unspecified atom stereocenters. The summed E-state index contributed by atoms with van der Waals surface area (Å²) in [4.78, 5) is 0. The fourth-order valence-corrected chi connectivity index (χ4v) is 3.49. The van der Waals surface area contributed by atoms with Crippen LogP contribution in [0.15, 0.2) is 28.7 Å². The predicted octanol–water partition coefficient (Wildman–Crippen LogP) is 4.49. The molecule has 1 aliphatic rings. The zero-order valence-electron chi connectivity index (χ0n) is 12.7. The molecule has 0 saturated carbocycles. The Bertz CT molecular complexity index is 421. The molecular formula is C17H26BrNO. The molecule has 1 aromatic rings. The highest BCUT2D eigenvalue weighted by Crippen LogP contribution is 2.32. The molecule has 1 heterocycles. The lowest BCUT2D eigenvalue weighted by molar-refractivity contribution is 0.0464. The summed E-state index contributed by atoms with van der Waals surface area (Å²) >= 11 is 3.70. The third kappa shape index (κ3) is 4.57. The molecular weight excluding hydrogens is 314 g/mol. The van der Waals surface area contributed by atoms with Crippen molar-refractivity contribution in [1.29, 1.82) is 0 Å². The van der Waals surface area contributed by atoms with E-state index in [9.17, 15) is 0 Å². The van der Waals surface area contributed by atoms with Crippen molar-refractivity contribution in [3.8, 4) is 0 Å². The minimum atomic E-state index is 0.413. The Balaban J connectivity index is 2.06. The molecule has 1 fully saturated rings. The molecule has 0 spiro atoms. The van der Waals surface area contributed by atoms with Crippen molar-refractivity contribution >= 4 is 15.9 Å². The van der Waals surface area contributed by atoms with Crippen molar-refractivity contribution in [2.24, 2.45) is 0 Å². The van der Waals surface area contributed by atoms with Crippen LogP contribution in [0.1, 0.15) is 51.5 Å². The third-order valence-electron chi connectivity index (χ3n) is 3.98. The first-order valence-corrected chi connectivity index (χ1v) is 8.48. The molecule has 2 rings (SSSR count). The second kappa shape index (κ2) is 7.58. The van der Waals surface area contributed by atoms with Gasteiger partial charge in [-0.15, -0.1) is 0 Å². The third-order valence-corrected chi connectivity index (χ3v) is 4.71. The van der Waals surface area contributed by atoms with Crippen LogP contribution in [0.5, 0.6) is 0 Å². The summed E-state index contributed by atoms with van der Waals surface area (Å²) in [6.07, 6.45) is 4.34. The average molecular weight is 340 g/mol. The number of benzene rings is 1. The van der Waals surface area contributed by atoms with Gasteiger partial charge < -0.3 is 10.1 Å². The van der Waals surface area contributed by atoms with Gasteiger partial charge in [-0.05, 0) is 43.7 Å². The highest BCUT2D eigenvalue weighted by molar-refractivity contribution is 9.10. The van der Waals surface area contributed by atoms with Gasteiger partial charge in [0.1, 0.15) is 0 Å². The zero-order chi connectivity index (χ0) is 14.5. The Morgan fingerprint density at radius 1 is 1.30 bits per heavy atom. The Morgan fingerprint density at radius 2 is 2.05 bits per heavy atom. The van der Waals surface area contributed by atoms with Crippen LogP contribution in [0.4, 0.5) is 0 Å². The van der Waals surface area contributed by atoms with Gasteiger partial charge in [-0.3, -0.25) is 0 Å². The summed E-state index contributed by atoms with van der Waals surface area (Å²) in [7, 11) is 0. The molecule has 0 aromatic heterocycles. The van der Waals surface area contributed by atoms with E-state index in [1.807, 2.05) is 0 Å². The van der Waals surface area contributed by atoms with Gasteiger partial charge in [0, 0.05) is 17.1 Å². The van der Waals surface area contributed by atoms with Crippen LogP contribution < -0.4 is 5.32 Å². The van der Waals surface area contributed by atoms with Crippen LogP contribution in [0, 0.1) is 0 Å². The first kappa shape index (κ1) is 16.0. The maximum Gasteiger partial charge on any atom is 0.0586 e. The van der Waals surface area contributed by atoms with Crippen LogP contribution in [0.2, 0.25) is 0 Å². The lowest BCUT2D eigenvalue weighted by atomic mass is 9.92. The molecule has 0 amide bonds. The van der Waals surface area contributed by atoms with Crippen molar-refractivity contribution < 1.29 is 4.74 Å². The zero-order valence-corrected chi connectivity index (χ0v) is 14.3. The first-order valence-electron chi connectivity index (χ1n) is 7.69. The summed E-state index contributed by atoms with van der Waals surface area (Å²) < 4.78 is 7.23. The van der Waals surface area contributed by atoms with Crippen molar-refractivity contribution in [3.05, 3.63) is 34.3 Å². The quantitative estimate of drug-likeness (QED) is 0.824. The van der Waals surface area contributed by atoms with Gasteiger partial charge >= 0.3 is 0 Å². The summed E-state index contributed by atoms with van der Waals surface area (Å²) in [5.41, 5.74) is 1.39. The van der Waals surface area contributed by atoms with E-state index < -0.39 is 0 Å². The van der Waals surface area contributed by atoms with Gasteiger partial charge in [0.2, 0.25) is 0 Å². The van der Waals surface area contributed by atoms with Crippen molar-refractivity contribution in [2.75, 3.05) is 6.54 Å². The van der Waals surface area contributed by atoms with E-state index in [2.05, 4.69) is 66.3 Å². The van der Waals surface area contributed by atoms with Crippen LogP contribution >= 0.6 is 15.9 Å². The SMILES string of the molecule is CC(C)NCC(CC1CCC(C)O1)c1ccccc1Br. The van der Waals surface area contributed by atoms with Gasteiger partial charge in [0.05, 0.1) is 12.2 Å². The Kier molecular flexibility index (Phi) is 6.06. The van der Waals surface area contributed by atoms with Gasteiger partial charge in [0.15, 0.2) is 0 Å². The van der Waals surface area contributed by atoms with E-state index >= 15 is 0 Å². The predicted molar refractivity (Wildman–Crippen MR) is 88.2 cm³/mol. The highest BCUT2D eigenvalue weighted by atomic mass is 79.9. The van der Waals surface area contributed by atoms with E-state index in [0.29, 0.717) is 24.2 Å². The molecule has 3 heteroatoms. The molecule has 1 aromatic carbocycles. The molecule has 1 saturated heterocycles. The van der Waals surface area contributed by atoms with Crippen LogP contribution in [0.3, 0.4) is 0 Å². The lowest BCUT2D eigenvalue weighted by Gasteiger charge is -2.24. The number of hydrogen-bond acceptors (Lipinski definition) is 2. The fourth-order valence-electron chi connectivity index (χ4n) is 2.88. The van der Waals surface area contributed by atoms with Gasteiger partial charge in [-0.1, -0.05) is 48.0 Å². The number of rotatable bonds is 6. The highest BCUT2D eigenvalue weighted by Gasteiger charge is 2.26. The topological polar surface area (TPSA) is 21.3 Å². The summed E-state index contributed by atoms with van der Waals surface area (Å²) in [6, 6.07) is 9.09. The molecule has 112 valence electrons. The van der Waals surface area contributed by atoms with Crippen molar-refractivity contribution in [3.63, 3.8) is 0 Å². The molecule has 2 nitrogen and oxygen atoms in total. The molecule has 1 N–H and O–H groups in total. The van der Waals surface area contributed by atoms with Crippen molar-refractivity contribution in [1.82, 2.24) is 5.32 Å². The van der Waals surface area contributed by atoms with E-state index in [0.717, 1.165) is 13.0 Å². The van der Waals surface area contributed by atoms with Crippen LogP contribution in [-0.2, 0) is 4.74 Å². The lowest BCUT2D eigenvalue weighted by Crippen LogP contribution is -2.30. The molecule has 0 radical (unpaired) electrons. The van der Waals surface area contributed by atoms with E-state index in [-0.39, 0.29) is 0 Å². The summed E-state index contributed by atoms with van der Waals surface area (Å²) in [5, 5.41) is 3.58. The molecule has 20 heavy (non-hydrogen) atoms. The minimum Gasteiger partial charge on any atom is -0.375 e. The Hall–Kier alpha value is -0.380. The Morgan fingerprint density at radius 3 is 2.65 bits per heavy atom. The normalized spacial score (nSPS) is 24.2. The number of nitrogens with one attached hydrogen (secondary N) is 1. The maximum absolute atomic E-state index is 6.02. The molecule has 0 bridgehead atoms. The number of hydrogen-bond donors (Lipinski definition) is 1. The summed E-state index contributed by atoms with van der Waals surface area (Å²) in [5.74, 6) is 0.503. The second-order valence-corrected chi connectivity index (χ2v) is 7.02. The second-order valence-electron chi connectivity index (χ2n) is 6.16. The molecule has 3 atom stereocenters. The first-order chi connectivity index (χ1) is 9.56. The number of halogens is 1. The van der Waals surface area contributed by atoms with Crippen LogP contribution in [0.25, 0.3) is 0 Å². The Labute approximate surface area is 131 Å². The van der Waals surface area contributed by atoms with Gasteiger partial charge in [-0.2, -0.15) is 0 Å². The van der Waals surface area contributed by atoms with E-state index in [1.54, 1.807) is 0 Å². The average Bonchev–Trinajstić information content (AvgIpc) is 2.81. The largest absolute Gasteiger partial charge is 0.375 e. The van der Waals surface area contributed by atoms with E-state index in [4.69, 9.17) is 4.74 Å². The standard InChI is InChI=1S/C17H26BrNO/c1-12(2)19-11-14(10-15-9-8-13(3)20-15)16-6-4-5-7-17(16)18/h4-7,12-15,19H,8-11H2,1-3H3.